The smallest absolute Gasteiger partial charge is 0.298 e. The maximum atomic E-state index is 11.2. The summed E-state index contributed by atoms with van der Waals surface area (Å²) in [6, 6.07) is 1.70. The number of nitro benzene ring substituents is 1. The van der Waals surface area contributed by atoms with Crippen LogP contribution in [0.3, 0.4) is 0 Å². The predicted octanol–water partition coefficient (Wildman–Crippen LogP) is 2.40. The van der Waals surface area contributed by atoms with Crippen molar-refractivity contribution in [3.8, 4) is 0 Å². The molecule has 0 aliphatic rings. The van der Waals surface area contributed by atoms with Crippen molar-refractivity contribution in [2.75, 3.05) is 5.32 Å². The van der Waals surface area contributed by atoms with Gasteiger partial charge in [-0.3, -0.25) is 10.1 Å². The number of nitrogens with two attached hydrogens (primary N) is 1. The van der Waals surface area contributed by atoms with Crippen LogP contribution in [0.4, 0.5) is 17.1 Å². The summed E-state index contributed by atoms with van der Waals surface area (Å²) in [4.78, 5) is 10.8. The zero-order valence-corrected chi connectivity index (χ0v) is 11.9. The Bertz CT molecular complexity index is 471. The lowest BCUT2D eigenvalue weighted by Crippen LogP contribution is -2.74. The average Bonchev–Trinajstić information content (AvgIpc) is 2.39. The van der Waals surface area contributed by atoms with Gasteiger partial charge in [0, 0.05) is 17.7 Å². The Morgan fingerprint density at radius 2 is 2.00 bits per heavy atom. The van der Waals surface area contributed by atoms with E-state index in [0.717, 1.165) is 29.4 Å². The summed E-state index contributed by atoms with van der Waals surface area (Å²) in [6.07, 6.45) is 1.73. The lowest BCUT2D eigenvalue weighted by Gasteiger charge is -2.18. The fourth-order valence-electron chi connectivity index (χ4n) is 2.08. The molecule has 0 unspecified atom stereocenters. The minimum atomic E-state index is -0.413. The quantitative estimate of drug-likeness (QED) is 0.419. The molecule has 0 saturated heterocycles. The van der Waals surface area contributed by atoms with Crippen LogP contribution in [0.5, 0.6) is 0 Å². The van der Waals surface area contributed by atoms with Crippen molar-refractivity contribution in [2.24, 2.45) is 0 Å². The Hall–Kier alpha value is -1.66. The van der Waals surface area contributed by atoms with Crippen LogP contribution in [0.1, 0.15) is 37.8 Å². The van der Waals surface area contributed by atoms with Gasteiger partial charge in [0.25, 0.3) is 5.69 Å². The zero-order chi connectivity index (χ0) is 14.6. The zero-order valence-electron chi connectivity index (χ0n) is 11.9. The van der Waals surface area contributed by atoms with Gasteiger partial charge in [0.1, 0.15) is 0 Å². The number of nitrogens with one attached hydrogen (secondary N) is 1. The predicted molar refractivity (Wildman–Crippen MR) is 73.9 cm³/mol. The summed E-state index contributed by atoms with van der Waals surface area (Å²) in [7, 11) is 0. The van der Waals surface area contributed by atoms with Crippen molar-refractivity contribution < 1.29 is 15.6 Å². The maximum Gasteiger partial charge on any atom is 0.298 e. The van der Waals surface area contributed by atoms with E-state index in [2.05, 4.69) is 5.32 Å². The van der Waals surface area contributed by atoms with Gasteiger partial charge < -0.3 is 5.32 Å². The van der Waals surface area contributed by atoms with Crippen molar-refractivity contribution in [2.45, 2.75) is 46.6 Å². The monoisotopic (exact) mass is 268 g/mol. The molecule has 1 aromatic carbocycles. The van der Waals surface area contributed by atoms with Crippen LogP contribution in [0, 0.1) is 24.0 Å². The standard InChI is InChI=1S/C13H21N3O3/c1-5-10(6-2)14-13-11(16(18)19)7-8(3)9(4)12(13)15-17/h7,10,14-15,17H,5-6H2,1-4H3/p+1. The van der Waals surface area contributed by atoms with Gasteiger partial charge in [-0.25, -0.2) is 5.21 Å². The highest BCUT2D eigenvalue weighted by Crippen LogP contribution is 2.35. The number of anilines is 1. The fourth-order valence-corrected chi connectivity index (χ4v) is 2.08. The molecule has 4 N–H and O–H groups in total. The lowest BCUT2D eigenvalue weighted by atomic mass is 10.0. The van der Waals surface area contributed by atoms with Crippen LogP contribution in [-0.2, 0) is 0 Å². The topological polar surface area (TPSA) is 92.0 Å². The number of nitrogens with zero attached hydrogens (tertiary/aromatic N) is 1. The first kappa shape index (κ1) is 15.4. The number of aryl methyl sites for hydroxylation is 1. The second-order valence-electron chi connectivity index (χ2n) is 4.67. The van der Waals surface area contributed by atoms with Gasteiger partial charge in [-0.15, -0.1) is 0 Å². The number of benzene rings is 1. The molecule has 0 saturated carbocycles. The van der Waals surface area contributed by atoms with Crippen molar-refractivity contribution in [1.82, 2.24) is 0 Å². The molecule has 106 valence electrons. The molecule has 0 radical (unpaired) electrons. The third kappa shape index (κ3) is 3.21. The Balaban J connectivity index is 3.39. The van der Waals surface area contributed by atoms with Gasteiger partial charge in [-0.2, -0.15) is 5.48 Å². The lowest BCUT2D eigenvalue weighted by molar-refractivity contribution is -0.825. The molecule has 6 heteroatoms. The van der Waals surface area contributed by atoms with E-state index in [-0.39, 0.29) is 11.7 Å². The van der Waals surface area contributed by atoms with Gasteiger partial charge in [-0.05, 0) is 32.3 Å². The van der Waals surface area contributed by atoms with Crippen LogP contribution in [0.2, 0.25) is 0 Å². The van der Waals surface area contributed by atoms with Crippen LogP contribution < -0.4 is 10.8 Å². The molecule has 1 aromatic rings. The van der Waals surface area contributed by atoms with Gasteiger partial charge in [-0.1, -0.05) is 13.8 Å². The Labute approximate surface area is 112 Å². The molecule has 0 aromatic heterocycles. The molecule has 6 nitrogen and oxygen atoms in total. The molecule has 0 atom stereocenters. The van der Waals surface area contributed by atoms with E-state index in [9.17, 15) is 15.3 Å². The summed E-state index contributed by atoms with van der Waals surface area (Å²) >= 11 is 0. The van der Waals surface area contributed by atoms with Crippen molar-refractivity contribution in [3.05, 3.63) is 27.3 Å². The molecule has 19 heavy (non-hydrogen) atoms. The third-order valence-electron chi connectivity index (χ3n) is 3.53. The summed E-state index contributed by atoms with van der Waals surface area (Å²) in [5, 5.41) is 23.8. The second-order valence-corrected chi connectivity index (χ2v) is 4.67. The van der Waals surface area contributed by atoms with E-state index in [1.54, 1.807) is 13.0 Å². The van der Waals surface area contributed by atoms with E-state index >= 15 is 0 Å². The Kier molecular flexibility index (Phi) is 5.26. The first-order chi connectivity index (χ1) is 8.96. The average molecular weight is 268 g/mol. The largest absolute Gasteiger partial charge is 0.372 e. The molecule has 1 rings (SSSR count). The van der Waals surface area contributed by atoms with Gasteiger partial charge in [0.15, 0.2) is 11.4 Å². The van der Waals surface area contributed by atoms with E-state index in [1.165, 1.54) is 0 Å². The minimum absolute atomic E-state index is 0.00954. The normalized spacial score (nSPS) is 10.8. The molecule has 0 amide bonds. The Morgan fingerprint density at radius 3 is 2.42 bits per heavy atom. The highest BCUT2D eigenvalue weighted by molar-refractivity contribution is 5.77. The summed E-state index contributed by atoms with van der Waals surface area (Å²) in [5.74, 6) is 0. The van der Waals surface area contributed by atoms with Crippen LogP contribution in [0.15, 0.2) is 6.07 Å². The maximum absolute atomic E-state index is 11.2. The van der Waals surface area contributed by atoms with Gasteiger partial charge in [0.2, 0.25) is 0 Å². The fraction of sp³-hybridized carbons (Fsp3) is 0.538. The number of hydrogen-bond donors (Lipinski definition) is 3. The van der Waals surface area contributed by atoms with Gasteiger partial charge >= 0.3 is 0 Å². The molecule has 0 fully saturated rings. The number of hydrogen-bond acceptors (Lipinski definition) is 4. The molecule has 0 aliphatic carbocycles. The number of rotatable bonds is 6. The van der Waals surface area contributed by atoms with Gasteiger partial charge in [0.05, 0.1) is 4.92 Å². The van der Waals surface area contributed by atoms with Crippen LogP contribution >= 0.6 is 0 Å². The van der Waals surface area contributed by atoms with E-state index < -0.39 is 4.92 Å². The number of nitro groups is 1. The van der Waals surface area contributed by atoms with Crippen molar-refractivity contribution in [3.63, 3.8) is 0 Å². The Morgan fingerprint density at radius 1 is 1.42 bits per heavy atom. The minimum Gasteiger partial charge on any atom is -0.372 e. The SMILES string of the molecule is CCC(CC)Nc1c([N+](=O)[O-])cc(C)c(C)c1[NH2+]O. The molecular weight excluding hydrogens is 246 g/mol. The first-order valence-corrected chi connectivity index (χ1v) is 6.48. The second kappa shape index (κ2) is 6.49. The van der Waals surface area contributed by atoms with E-state index in [1.807, 2.05) is 20.8 Å². The summed E-state index contributed by atoms with van der Waals surface area (Å²) in [5.41, 5.74) is 3.50. The van der Waals surface area contributed by atoms with Crippen molar-refractivity contribution in [1.29, 1.82) is 0 Å². The molecule has 0 spiro atoms. The van der Waals surface area contributed by atoms with E-state index in [0.29, 0.717) is 11.4 Å². The molecule has 0 aliphatic heterocycles. The van der Waals surface area contributed by atoms with Crippen LogP contribution in [-0.4, -0.2) is 16.2 Å². The third-order valence-corrected chi connectivity index (χ3v) is 3.53. The molecular formula is C13H22N3O3+. The summed E-state index contributed by atoms with van der Waals surface area (Å²) < 4.78 is 0. The number of quaternary nitrogens is 1. The summed E-state index contributed by atoms with van der Waals surface area (Å²) in [6.45, 7) is 7.70. The molecule has 0 bridgehead atoms. The van der Waals surface area contributed by atoms with E-state index in [4.69, 9.17) is 0 Å². The first-order valence-electron chi connectivity index (χ1n) is 6.48. The highest BCUT2D eigenvalue weighted by Gasteiger charge is 2.25. The van der Waals surface area contributed by atoms with Crippen molar-refractivity contribution >= 4 is 17.1 Å². The highest BCUT2D eigenvalue weighted by atomic mass is 16.6. The molecule has 0 heterocycles. The van der Waals surface area contributed by atoms with Crippen LogP contribution in [0.25, 0.3) is 0 Å².